The zero-order valence-electron chi connectivity index (χ0n) is 8.74. The van der Waals surface area contributed by atoms with Crippen molar-refractivity contribution in [3.8, 4) is 12.3 Å². The molecular weight excluding hydrogens is 196 g/mol. The number of hydrogen-bond acceptors (Lipinski definition) is 3. The molecule has 2 amide bonds. The van der Waals surface area contributed by atoms with Crippen molar-refractivity contribution in [3.63, 3.8) is 0 Å². The molecule has 0 aromatic heterocycles. The quantitative estimate of drug-likeness (QED) is 0.582. The standard InChI is InChI=1S/C10H14N2O3/c1-4-8(9(11)14)12-10(15)6(2)5-7(3)13/h1,6,8H,5H2,2-3H3,(H2,11,14)(H,12,15)/t6-,8?/m0/s1. The Morgan fingerprint density at radius 2 is 2.00 bits per heavy atom. The van der Waals surface area contributed by atoms with Crippen LogP contribution in [0.1, 0.15) is 20.3 Å². The van der Waals surface area contributed by atoms with Crippen LogP contribution in [-0.4, -0.2) is 23.6 Å². The molecule has 0 aliphatic heterocycles. The number of carbonyl (C=O) groups excluding carboxylic acids is 3. The minimum Gasteiger partial charge on any atom is -0.367 e. The molecule has 5 nitrogen and oxygen atoms in total. The highest BCUT2D eigenvalue weighted by molar-refractivity contribution is 5.91. The number of hydrogen-bond donors (Lipinski definition) is 2. The third kappa shape index (κ3) is 4.81. The largest absolute Gasteiger partial charge is 0.367 e. The maximum atomic E-state index is 11.4. The lowest BCUT2D eigenvalue weighted by Gasteiger charge is -2.13. The lowest BCUT2D eigenvalue weighted by molar-refractivity contribution is -0.130. The van der Waals surface area contributed by atoms with Gasteiger partial charge in [0.15, 0.2) is 6.04 Å². The van der Waals surface area contributed by atoms with E-state index in [9.17, 15) is 14.4 Å². The predicted molar refractivity (Wildman–Crippen MR) is 54.4 cm³/mol. The molecule has 0 aromatic rings. The van der Waals surface area contributed by atoms with Crippen LogP contribution in [0.5, 0.6) is 0 Å². The molecule has 15 heavy (non-hydrogen) atoms. The fourth-order valence-corrected chi connectivity index (χ4v) is 1.00. The first-order chi connectivity index (χ1) is 6.88. The van der Waals surface area contributed by atoms with E-state index < -0.39 is 23.8 Å². The molecule has 3 N–H and O–H groups in total. The van der Waals surface area contributed by atoms with E-state index in [4.69, 9.17) is 12.2 Å². The van der Waals surface area contributed by atoms with Gasteiger partial charge in [-0.25, -0.2) is 0 Å². The van der Waals surface area contributed by atoms with E-state index in [-0.39, 0.29) is 12.2 Å². The highest BCUT2D eigenvalue weighted by Crippen LogP contribution is 2.02. The first-order valence-corrected chi connectivity index (χ1v) is 4.43. The number of terminal acetylenes is 1. The number of nitrogens with two attached hydrogens (primary N) is 1. The summed E-state index contributed by atoms with van der Waals surface area (Å²) in [5, 5.41) is 2.27. The number of Topliss-reactive ketones (excluding diaryl/α,β-unsaturated/α-hetero) is 1. The highest BCUT2D eigenvalue weighted by Gasteiger charge is 2.20. The monoisotopic (exact) mass is 210 g/mol. The second kappa shape index (κ2) is 5.81. The summed E-state index contributed by atoms with van der Waals surface area (Å²) >= 11 is 0. The van der Waals surface area contributed by atoms with Gasteiger partial charge in [0.05, 0.1) is 0 Å². The van der Waals surface area contributed by atoms with Gasteiger partial charge in [-0.3, -0.25) is 9.59 Å². The Kier molecular flexibility index (Phi) is 5.10. The Balaban J connectivity index is 4.30. The zero-order valence-corrected chi connectivity index (χ0v) is 8.74. The second-order valence-electron chi connectivity index (χ2n) is 3.32. The number of rotatable bonds is 5. The Morgan fingerprint density at radius 1 is 1.47 bits per heavy atom. The summed E-state index contributed by atoms with van der Waals surface area (Å²) in [6.45, 7) is 2.96. The molecule has 0 rings (SSSR count). The van der Waals surface area contributed by atoms with Crippen molar-refractivity contribution in [2.45, 2.75) is 26.3 Å². The Morgan fingerprint density at radius 3 is 2.33 bits per heavy atom. The van der Waals surface area contributed by atoms with Gasteiger partial charge in [0.2, 0.25) is 5.91 Å². The number of carbonyl (C=O) groups is 3. The average Bonchev–Trinajstić information content (AvgIpc) is 2.11. The molecule has 0 aliphatic rings. The van der Waals surface area contributed by atoms with Gasteiger partial charge in [0, 0.05) is 12.3 Å². The molecule has 2 atom stereocenters. The molecule has 0 fully saturated rings. The number of amides is 2. The summed E-state index contributed by atoms with van der Waals surface area (Å²) in [5.41, 5.74) is 4.93. The molecule has 82 valence electrons. The maximum Gasteiger partial charge on any atom is 0.252 e. The molecule has 0 heterocycles. The first kappa shape index (κ1) is 13.2. The van der Waals surface area contributed by atoms with Gasteiger partial charge < -0.3 is 15.8 Å². The fraction of sp³-hybridized carbons (Fsp3) is 0.500. The van der Waals surface area contributed by atoms with Gasteiger partial charge in [0.25, 0.3) is 5.91 Å². The van der Waals surface area contributed by atoms with E-state index in [1.54, 1.807) is 6.92 Å². The summed E-state index contributed by atoms with van der Waals surface area (Å²) in [7, 11) is 0. The molecule has 0 bridgehead atoms. The van der Waals surface area contributed by atoms with Crippen molar-refractivity contribution >= 4 is 17.6 Å². The predicted octanol–water partition coefficient (Wildman–Crippen LogP) is -0.795. The van der Waals surface area contributed by atoms with Crippen molar-refractivity contribution in [1.29, 1.82) is 0 Å². The average molecular weight is 210 g/mol. The smallest absolute Gasteiger partial charge is 0.252 e. The van der Waals surface area contributed by atoms with Crippen LogP contribution < -0.4 is 11.1 Å². The van der Waals surface area contributed by atoms with Gasteiger partial charge in [0.1, 0.15) is 5.78 Å². The van der Waals surface area contributed by atoms with E-state index in [2.05, 4.69) is 5.32 Å². The van der Waals surface area contributed by atoms with Gasteiger partial charge in [-0.1, -0.05) is 12.8 Å². The maximum absolute atomic E-state index is 11.4. The minimum atomic E-state index is -1.12. The summed E-state index contributed by atoms with van der Waals surface area (Å²) in [5.74, 6) is 0.188. The van der Waals surface area contributed by atoms with Gasteiger partial charge in [-0.05, 0) is 6.92 Å². The topological polar surface area (TPSA) is 89.3 Å². The number of nitrogens with one attached hydrogen (secondary N) is 1. The molecule has 0 saturated carbocycles. The Labute approximate surface area is 88.4 Å². The summed E-state index contributed by atoms with van der Waals surface area (Å²) in [4.78, 5) is 32.8. The Hall–Kier alpha value is -1.83. The normalized spacial score (nSPS) is 13.4. The van der Waals surface area contributed by atoms with Crippen molar-refractivity contribution in [2.75, 3.05) is 0 Å². The van der Waals surface area contributed by atoms with Crippen LogP contribution in [-0.2, 0) is 14.4 Å². The SMILES string of the molecule is C#CC(NC(=O)[C@@H](C)CC(C)=O)C(N)=O. The minimum absolute atomic E-state index is 0.103. The van der Waals surface area contributed by atoms with E-state index in [1.165, 1.54) is 6.92 Å². The van der Waals surface area contributed by atoms with Crippen LogP contribution in [0.25, 0.3) is 0 Å². The highest BCUT2D eigenvalue weighted by atomic mass is 16.2. The van der Waals surface area contributed by atoms with Crippen LogP contribution >= 0.6 is 0 Å². The van der Waals surface area contributed by atoms with Crippen LogP contribution in [0, 0.1) is 18.3 Å². The summed E-state index contributed by atoms with van der Waals surface area (Å²) in [6, 6.07) is -1.12. The third-order valence-electron chi connectivity index (χ3n) is 1.78. The van der Waals surface area contributed by atoms with Gasteiger partial charge >= 0.3 is 0 Å². The van der Waals surface area contributed by atoms with Crippen molar-refractivity contribution in [1.82, 2.24) is 5.32 Å². The molecule has 0 spiro atoms. The first-order valence-electron chi connectivity index (χ1n) is 4.43. The molecule has 1 unspecified atom stereocenters. The molecular formula is C10H14N2O3. The zero-order chi connectivity index (χ0) is 12.0. The van der Waals surface area contributed by atoms with E-state index in [0.717, 1.165) is 0 Å². The number of ketones is 1. The fourth-order valence-electron chi connectivity index (χ4n) is 1.00. The molecule has 0 saturated heterocycles. The summed E-state index contributed by atoms with van der Waals surface area (Å²) < 4.78 is 0. The second-order valence-corrected chi connectivity index (χ2v) is 3.32. The molecule has 5 heteroatoms. The van der Waals surface area contributed by atoms with E-state index >= 15 is 0 Å². The van der Waals surface area contributed by atoms with Crippen molar-refractivity contribution in [2.24, 2.45) is 11.7 Å². The van der Waals surface area contributed by atoms with Gasteiger partial charge in [-0.15, -0.1) is 6.42 Å². The molecule has 0 aromatic carbocycles. The Bertz CT molecular complexity index is 317. The van der Waals surface area contributed by atoms with Gasteiger partial charge in [-0.2, -0.15) is 0 Å². The van der Waals surface area contributed by atoms with Crippen LogP contribution in [0.3, 0.4) is 0 Å². The lowest BCUT2D eigenvalue weighted by Crippen LogP contribution is -2.45. The lowest BCUT2D eigenvalue weighted by atomic mass is 10.0. The third-order valence-corrected chi connectivity index (χ3v) is 1.78. The van der Waals surface area contributed by atoms with Crippen LogP contribution in [0.4, 0.5) is 0 Å². The van der Waals surface area contributed by atoms with Crippen molar-refractivity contribution in [3.05, 3.63) is 0 Å². The van der Waals surface area contributed by atoms with E-state index in [1.807, 2.05) is 5.92 Å². The van der Waals surface area contributed by atoms with Crippen molar-refractivity contribution < 1.29 is 14.4 Å². The van der Waals surface area contributed by atoms with Crippen LogP contribution in [0.15, 0.2) is 0 Å². The number of primary amides is 1. The van der Waals surface area contributed by atoms with Crippen LogP contribution in [0.2, 0.25) is 0 Å². The molecule has 0 aliphatic carbocycles. The molecule has 0 radical (unpaired) electrons. The summed E-state index contributed by atoms with van der Waals surface area (Å²) in [6.07, 6.45) is 5.10. The van der Waals surface area contributed by atoms with E-state index in [0.29, 0.717) is 0 Å².